The van der Waals surface area contributed by atoms with E-state index in [1.165, 1.54) is 50.0 Å². The first-order chi connectivity index (χ1) is 14.4. The third kappa shape index (κ3) is 7.59. The molecule has 0 atom stereocenters. The normalized spacial score (nSPS) is 19.9. The maximum absolute atomic E-state index is 2.62. The molecule has 0 unspecified atom stereocenters. The summed E-state index contributed by atoms with van der Waals surface area (Å²) in [7, 11) is 0. The standard InChI is InChI=1S/C17H27N.C13H27N/c1-16(2,3)15-8-7-14-12-18(17(4,5)6)10-9-13(14)11-15;1-12(2,3)11-7-9-14(10-8-11)13(4,5)6/h7-8,11H,9-10,12H2,1-6H3;11H,7-10H2,1-6H3. The smallest absolute Gasteiger partial charge is 0.0241 e. The van der Waals surface area contributed by atoms with Crippen molar-refractivity contribution in [1.29, 1.82) is 0 Å². The van der Waals surface area contributed by atoms with Crippen LogP contribution in [0.2, 0.25) is 0 Å². The minimum absolute atomic E-state index is 0.260. The molecule has 2 heterocycles. The zero-order valence-electron chi connectivity index (χ0n) is 23.7. The Hall–Kier alpha value is -0.860. The summed E-state index contributed by atoms with van der Waals surface area (Å²) < 4.78 is 0. The number of likely N-dealkylation sites (tertiary alicyclic amines) is 1. The fraction of sp³-hybridized carbons (Fsp3) is 0.800. The fourth-order valence-corrected chi connectivity index (χ4v) is 5.01. The van der Waals surface area contributed by atoms with Crippen LogP contribution in [0.5, 0.6) is 0 Å². The molecule has 0 radical (unpaired) electrons. The SMILES string of the molecule is CC(C)(C)C1CCN(C(C)(C)C)CC1.CC(C)(C)c1ccc2c(c1)CCN(C(C)(C)C)C2. The van der Waals surface area contributed by atoms with Crippen LogP contribution in [-0.2, 0) is 18.4 Å². The number of rotatable bonds is 0. The maximum Gasteiger partial charge on any atom is 0.0241 e. The average molecular weight is 443 g/mol. The van der Waals surface area contributed by atoms with Crippen LogP contribution < -0.4 is 0 Å². The summed E-state index contributed by atoms with van der Waals surface area (Å²) in [6, 6.07) is 7.08. The van der Waals surface area contributed by atoms with Crippen molar-refractivity contribution in [3.05, 3.63) is 34.9 Å². The number of hydrogen-bond donors (Lipinski definition) is 0. The van der Waals surface area contributed by atoms with Crippen LogP contribution in [0.1, 0.15) is 113 Å². The van der Waals surface area contributed by atoms with Gasteiger partial charge in [-0.15, -0.1) is 0 Å². The van der Waals surface area contributed by atoms with Gasteiger partial charge in [-0.3, -0.25) is 9.80 Å². The molecular formula is C30H54N2. The van der Waals surface area contributed by atoms with Gasteiger partial charge in [0, 0.05) is 24.2 Å². The minimum Gasteiger partial charge on any atom is -0.298 e. The van der Waals surface area contributed by atoms with Gasteiger partial charge in [-0.25, -0.2) is 0 Å². The van der Waals surface area contributed by atoms with Crippen molar-refractivity contribution in [2.75, 3.05) is 19.6 Å². The van der Waals surface area contributed by atoms with E-state index in [2.05, 4.69) is 111 Å². The van der Waals surface area contributed by atoms with E-state index < -0.39 is 0 Å². The van der Waals surface area contributed by atoms with Crippen LogP contribution in [0.3, 0.4) is 0 Å². The number of fused-ring (bicyclic) bond motifs is 1. The first-order valence-electron chi connectivity index (χ1n) is 13.0. The highest BCUT2D eigenvalue weighted by molar-refractivity contribution is 5.36. The lowest BCUT2D eigenvalue weighted by Crippen LogP contribution is -2.47. The van der Waals surface area contributed by atoms with Crippen molar-refractivity contribution in [3.63, 3.8) is 0 Å². The second kappa shape index (κ2) is 9.79. The van der Waals surface area contributed by atoms with Gasteiger partial charge in [-0.05, 0) is 107 Å². The molecule has 32 heavy (non-hydrogen) atoms. The summed E-state index contributed by atoms with van der Waals surface area (Å²) in [5.74, 6) is 0.918. The Labute approximate surface area is 201 Å². The zero-order chi connectivity index (χ0) is 24.5. The lowest BCUT2D eigenvalue weighted by atomic mass is 9.75. The van der Waals surface area contributed by atoms with E-state index in [1.54, 1.807) is 5.56 Å². The Morgan fingerprint density at radius 3 is 1.62 bits per heavy atom. The highest BCUT2D eigenvalue weighted by atomic mass is 15.2. The molecule has 0 N–H and O–H groups in total. The van der Waals surface area contributed by atoms with E-state index in [0.717, 1.165) is 12.5 Å². The third-order valence-corrected chi connectivity index (χ3v) is 7.70. The molecule has 0 bridgehead atoms. The van der Waals surface area contributed by atoms with Crippen molar-refractivity contribution >= 4 is 0 Å². The monoisotopic (exact) mass is 442 g/mol. The van der Waals surface area contributed by atoms with Gasteiger partial charge in [0.25, 0.3) is 0 Å². The van der Waals surface area contributed by atoms with E-state index >= 15 is 0 Å². The van der Waals surface area contributed by atoms with Gasteiger partial charge in [0.1, 0.15) is 0 Å². The maximum atomic E-state index is 2.62. The van der Waals surface area contributed by atoms with Gasteiger partial charge >= 0.3 is 0 Å². The zero-order valence-corrected chi connectivity index (χ0v) is 23.7. The largest absolute Gasteiger partial charge is 0.298 e. The molecule has 2 nitrogen and oxygen atoms in total. The molecule has 0 saturated carbocycles. The van der Waals surface area contributed by atoms with Crippen molar-refractivity contribution in [3.8, 4) is 0 Å². The number of piperidine rings is 1. The molecule has 0 aromatic heterocycles. The second-order valence-electron chi connectivity index (χ2n) is 14.4. The van der Waals surface area contributed by atoms with E-state index in [1.807, 2.05) is 0 Å². The molecule has 2 aliphatic rings. The molecule has 1 saturated heterocycles. The van der Waals surface area contributed by atoms with Crippen LogP contribution in [0.15, 0.2) is 18.2 Å². The Morgan fingerprint density at radius 2 is 1.19 bits per heavy atom. The molecule has 3 rings (SSSR count). The summed E-state index contributed by atoms with van der Waals surface area (Å²) in [6.45, 7) is 32.8. The second-order valence-corrected chi connectivity index (χ2v) is 14.4. The topological polar surface area (TPSA) is 6.48 Å². The van der Waals surface area contributed by atoms with Gasteiger partial charge in [-0.1, -0.05) is 59.7 Å². The van der Waals surface area contributed by atoms with Gasteiger partial charge in [0.2, 0.25) is 0 Å². The van der Waals surface area contributed by atoms with Gasteiger partial charge in [-0.2, -0.15) is 0 Å². The number of nitrogens with zero attached hydrogens (tertiary/aromatic N) is 2. The van der Waals surface area contributed by atoms with Crippen LogP contribution >= 0.6 is 0 Å². The Kier molecular flexibility index (Phi) is 8.37. The first kappa shape index (κ1) is 27.4. The first-order valence-corrected chi connectivity index (χ1v) is 13.0. The fourth-order valence-electron chi connectivity index (χ4n) is 5.01. The van der Waals surface area contributed by atoms with E-state index in [-0.39, 0.29) is 11.0 Å². The highest BCUT2D eigenvalue weighted by Gasteiger charge is 2.32. The predicted molar refractivity (Wildman–Crippen MR) is 143 cm³/mol. The molecule has 1 aromatic carbocycles. The summed E-state index contributed by atoms with van der Waals surface area (Å²) in [5.41, 5.74) is 5.95. The van der Waals surface area contributed by atoms with E-state index in [0.29, 0.717) is 11.0 Å². The van der Waals surface area contributed by atoms with Gasteiger partial charge in [0.05, 0.1) is 0 Å². The molecule has 2 aliphatic heterocycles. The van der Waals surface area contributed by atoms with Gasteiger partial charge in [0.15, 0.2) is 0 Å². The van der Waals surface area contributed by atoms with Crippen molar-refractivity contribution in [1.82, 2.24) is 9.80 Å². The van der Waals surface area contributed by atoms with Crippen LogP contribution in [0, 0.1) is 11.3 Å². The number of benzene rings is 1. The Balaban J connectivity index is 0.000000235. The van der Waals surface area contributed by atoms with Gasteiger partial charge < -0.3 is 0 Å². The quantitative estimate of drug-likeness (QED) is 0.406. The molecule has 1 fully saturated rings. The third-order valence-electron chi connectivity index (χ3n) is 7.70. The lowest BCUT2D eigenvalue weighted by Gasteiger charge is -2.44. The molecule has 184 valence electrons. The predicted octanol–water partition coefficient (Wildman–Crippen LogP) is 7.68. The van der Waals surface area contributed by atoms with Crippen molar-refractivity contribution < 1.29 is 0 Å². The molecule has 0 amide bonds. The average Bonchev–Trinajstić information content (AvgIpc) is 2.65. The molecular weight excluding hydrogens is 388 g/mol. The van der Waals surface area contributed by atoms with Crippen LogP contribution in [0.25, 0.3) is 0 Å². The summed E-state index contributed by atoms with van der Waals surface area (Å²) >= 11 is 0. The summed E-state index contributed by atoms with van der Waals surface area (Å²) in [4.78, 5) is 5.20. The Morgan fingerprint density at radius 1 is 0.656 bits per heavy atom. The van der Waals surface area contributed by atoms with Crippen LogP contribution in [-0.4, -0.2) is 40.5 Å². The van der Waals surface area contributed by atoms with Crippen molar-refractivity contribution in [2.24, 2.45) is 11.3 Å². The number of hydrogen-bond acceptors (Lipinski definition) is 2. The van der Waals surface area contributed by atoms with E-state index in [4.69, 9.17) is 0 Å². The summed E-state index contributed by atoms with van der Waals surface area (Å²) in [6.07, 6.45) is 3.94. The van der Waals surface area contributed by atoms with Crippen LogP contribution in [0.4, 0.5) is 0 Å². The van der Waals surface area contributed by atoms with Crippen molar-refractivity contribution in [2.45, 2.75) is 125 Å². The summed E-state index contributed by atoms with van der Waals surface area (Å²) in [5, 5.41) is 0. The minimum atomic E-state index is 0.260. The Bertz CT molecular complexity index is 704. The lowest BCUT2D eigenvalue weighted by molar-refractivity contribution is 0.0532. The molecule has 2 heteroatoms. The van der Waals surface area contributed by atoms with E-state index in [9.17, 15) is 0 Å². The molecule has 0 aliphatic carbocycles. The highest BCUT2D eigenvalue weighted by Crippen LogP contribution is 2.36. The molecule has 0 spiro atoms. The molecule has 1 aromatic rings.